The van der Waals surface area contributed by atoms with Crippen LogP contribution in [0, 0.1) is 0 Å². The molecule has 2 aliphatic heterocycles. The number of carbonyl (C=O) groups is 1. The fraction of sp³-hybridized carbons (Fsp3) is 0.242. The molecule has 6 rings (SSSR count). The zero-order chi connectivity index (χ0) is 31.7. The summed E-state index contributed by atoms with van der Waals surface area (Å²) in [7, 11) is 0. The van der Waals surface area contributed by atoms with E-state index in [9.17, 15) is 9.59 Å². The average Bonchev–Trinajstić information content (AvgIpc) is 3.61. The number of rotatable bonds is 9. The van der Waals surface area contributed by atoms with E-state index in [0.717, 1.165) is 12.0 Å². The summed E-state index contributed by atoms with van der Waals surface area (Å²) >= 11 is 19.8. The molecule has 0 N–H and O–H groups in total. The Labute approximate surface area is 277 Å². The molecule has 45 heavy (non-hydrogen) atoms. The molecule has 12 heteroatoms. The molecule has 232 valence electrons. The molecular formula is C33H27Cl3N2O6S. The Hall–Kier alpha value is -3.76. The van der Waals surface area contributed by atoms with Crippen molar-refractivity contribution in [2.24, 2.45) is 4.99 Å². The molecule has 4 aromatic rings. The first kappa shape index (κ1) is 31.2. The molecule has 0 spiro atoms. The SMILES string of the molecule is CCCC1=C(C(=O)OCC)[C@H](c2ccc3c(c2)OCO3)n2c(s/c(=C\c3cc(Cl)ccc3OCc3ccc(Cl)c(Cl)c3)c2=O)=N1. The van der Waals surface area contributed by atoms with Gasteiger partial charge in [-0.3, -0.25) is 9.36 Å². The molecule has 1 atom stereocenters. The second-order valence-corrected chi connectivity index (χ2v) is 12.5. The van der Waals surface area contributed by atoms with Gasteiger partial charge in [-0.1, -0.05) is 71.6 Å². The summed E-state index contributed by atoms with van der Waals surface area (Å²) < 4.78 is 24.7. The van der Waals surface area contributed by atoms with Crippen LogP contribution >= 0.6 is 46.1 Å². The summed E-state index contributed by atoms with van der Waals surface area (Å²) in [4.78, 5) is 33.0. The first-order valence-corrected chi connectivity index (χ1v) is 16.2. The Balaban J connectivity index is 1.48. The molecule has 0 aliphatic carbocycles. The highest BCUT2D eigenvalue weighted by Crippen LogP contribution is 2.39. The Morgan fingerprint density at radius 3 is 2.64 bits per heavy atom. The minimum absolute atomic E-state index is 0.0955. The van der Waals surface area contributed by atoms with Gasteiger partial charge in [-0.25, -0.2) is 9.79 Å². The number of carbonyl (C=O) groups excluding carboxylic acids is 1. The lowest BCUT2D eigenvalue weighted by Crippen LogP contribution is -2.40. The van der Waals surface area contributed by atoms with Crippen molar-refractivity contribution in [1.82, 2.24) is 4.57 Å². The van der Waals surface area contributed by atoms with Crippen molar-refractivity contribution in [2.75, 3.05) is 13.4 Å². The van der Waals surface area contributed by atoms with Gasteiger partial charge in [0.25, 0.3) is 5.56 Å². The summed E-state index contributed by atoms with van der Waals surface area (Å²) in [6, 6.07) is 15.1. The van der Waals surface area contributed by atoms with Crippen LogP contribution in [0.25, 0.3) is 6.08 Å². The van der Waals surface area contributed by atoms with Gasteiger partial charge in [0.1, 0.15) is 12.4 Å². The Kier molecular flexibility index (Phi) is 9.23. The van der Waals surface area contributed by atoms with E-state index < -0.39 is 12.0 Å². The van der Waals surface area contributed by atoms with Gasteiger partial charge in [-0.05, 0) is 73.0 Å². The minimum atomic E-state index is -0.789. The topological polar surface area (TPSA) is 88.4 Å². The number of halogens is 3. The smallest absolute Gasteiger partial charge is 0.338 e. The number of aromatic nitrogens is 1. The van der Waals surface area contributed by atoms with E-state index in [0.29, 0.717) is 70.5 Å². The highest BCUT2D eigenvalue weighted by molar-refractivity contribution is 7.07. The monoisotopic (exact) mass is 684 g/mol. The van der Waals surface area contributed by atoms with E-state index in [-0.39, 0.29) is 25.6 Å². The summed E-state index contributed by atoms with van der Waals surface area (Å²) in [5.74, 6) is 1.13. The Morgan fingerprint density at radius 2 is 1.87 bits per heavy atom. The molecule has 0 unspecified atom stereocenters. The Bertz CT molecular complexity index is 2020. The van der Waals surface area contributed by atoms with E-state index in [1.807, 2.05) is 19.1 Å². The standard InChI is InChI=1S/C33H27Cl3N2O6S/c1-3-5-24-29(32(40)41-4-2)30(19-7-10-26-27(14-19)44-17-43-26)38-31(39)28(45-33(38)37-24)15-20-13-21(34)8-11-25(20)42-16-18-6-9-22(35)23(36)12-18/h6-15,30H,3-5,16-17H2,1-2H3/b28-15-/t30-/m0/s1. The van der Waals surface area contributed by atoms with Gasteiger partial charge in [0.2, 0.25) is 6.79 Å². The summed E-state index contributed by atoms with van der Waals surface area (Å²) in [5, 5.41) is 1.36. The third-order valence-corrected chi connectivity index (χ3v) is 9.20. The predicted molar refractivity (Wildman–Crippen MR) is 174 cm³/mol. The van der Waals surface area contributed by atoms with E-state index in [2.05, 4.69) is 0 Å². The second-order valence-electron chi connectivity index (χ2n) is 10.2. The number of nitrogens with zero attached hydrogens (tertiary/aromatic N) is 2. The number of hydrogen-bond acceptors (Lipinski definition) is 8. The van der Waals surface area contributed by atoms with Gasteiger partial charge < -0.3 is 18.9 Å². The molecule has 3 aromatic carbocycles. The predicted octanol–water partition coefficient (Wildman–Crippen LogP) is 6.85. The number of thiazole rings is 1. The fourth-order valence-corrected chi connectivity index (χ4v) is 6.73. The highest BCUT2D eigenvalue weighted by Gasteiger charge is 2.35. The molecule has 1 aromatic heterocycles. The van der Waals surface area contributed by atoms with Crippen LogP contribution in [-0.4, -0.2) is 23.9 Å². The summed E-state index contributed by atoms with van der Waals surface area (Å²) in [6.07, 6.45) is 3.00. The zero-order valence-corrected chi connectivity index (χ0v) is 27.4. The number of fused-ring (bicyclic) bond motifs is 2. The number of ether oxygens (including phenoxy) is 4. The third kappa shape index (κ3) is 6.35. The maximum absolute atomic E-state index is 14.2. The van der Waals surface area contributed by atoms with Crippen LogP contribution < -0.4 is 29.1 Å². The van der Waals surface area contributed by atoms with Crippen molar-refractivity contribution in [1.29, 1.82) is 0 Å². The van der Waals surface area contributed by atoms with Gasteiger partial charge in [0.15, 0.2) is 16.3 Å². The van der Waals surface area contributed by atoms with Crippen LogP contribution in [0.2, 0.25) is 15.1 Å². The van der Waals surface area contributed by atoms with Crippen molar-refractivity contribution in [3.8, 4) is 17.2 Å². The van der Waals surface area contributed by atoms with Crippen molar-refractivity contribution >= 4 is 58.2 Å². The molecule has 0 radical (unpaired) electrons. The maximum atomic E-state index is 14.2. The lowest BCUT2D eigenvalue weighted by Gasteiger charge is -2.25. The van der Waals surface area contributed by atoms with Crippen LogP contribution in [-0.2, 0) is 16.1 Å². The molecule has 8 nitrogen and oxygen atoms in total. The van der Waals surface area contributed by atoms with Crippen LogP contribution in [0.5, 0.6) is 17.2 Å². The summed E-state index contributed by atoms with van der Waals surface area (Å²) in [5.41, 5.74) is 2.68. The van der Waals surface area contributed by atoms with Crippen LogP contribution in [0.15, 0.2) is 75.7 Å². The zero-order valence-electron chi connectivity index (χ0n) is 24.3. The molecule has 0 bridgehead atoms. The van der Waals surface area contributed by atoms with Crippen LogP contribution in [0.3, 0.4) is 0 Å². The molecule has 0 amide bonds. The minimum Gasteiger partial charge on any atom is -0.488 e. The molecule has 3 heterocycles. The fourth-order valence-electron chi connectivity index (χ4n) is 5.21. The normalized spacial score (nSPS) is 15.6. The average molecular weight is 686 g/mol. The lowest BCUT2D eigenvalue weighted by atomic mass is 9.94. The van der Waals surface area contributed by atoms with Gasteiger partial charge in [-0.15, -0.1) is 0 Å². The number of esters is 1. The van der Waals surface area contributed by atoms with Gasteiger partial charge >= 0.3 is 5.97 Å². The van der Waals surface area contributed by atoms with E-state index in [1.165, 1.54) is 11.3 Å². The number of allylic oxidation sites excluding steroid dienone is 1. The molecular weight excluding hydrogens is 659 g/mol. The third-order valence-electron chi connectivity index (χ3n) is 7.24. The largest absolute Gasteiger partial charge is 0.488 e. The van der Waals surface area contributed by atoms with Crippen molar-refractivity contribution < 1.29 is 23.7 Å². The summed E-state index contributed by atoms with van der Waals surface area (Å²) in [6.45, 7) is 4.25. The quantitative estimate of drug-likeness (QED) is 0.179. The number of benzene rings is 3. The number of hydrogen-bond donors (Lipinski definition) is 0. The lowest BCUT2D eigenvalue weighted by molar-refractivity contribution is -0.139. The molecule has 0 fully saturated rings. The van der Waals surface area contributed by atoms with Crippen molar-refractivity contribution in [3.63, 3.8) is 0 Å². The first-order chi connectivity index (χ1) is 21.8. The first-order valence-electron chi connectivity index (χ1n) is 14.2. The second kappa shape index (κ2) is 13.3. The van der Waals surface area contributed by atoms with E-state index in [1.54, 1.807) is 60.0 Å². The maximum Gasteiger partial charge on any atom is 0.338 e. The van der Waals surface area contributed by atoms with Crippen LogP contribution in [0.4, 0.5) is 0 Å². The molecule has 2 aliphatic rings. The molecule has 0 saturated heterocycles. The van der Waals surface area contributed by atoms with Gasteiger partial charge in [0, 0.05) is 10.6 Å². The van der Waals surface area contributed by atoms with Crippen LogP contribution in [0.1, 0.15) is 49.4 Å². The van der Waals surface area contributed by atoms with E-state index in [4.69, 9.17) is 58.7 Å². The Morgan fingerprint density at radius 1 is 1.04 bits per heavy atom. The van der Waals surface area contributed by atoms with E-state index >= 15 is 0 Å². The highest BCUT2D eigenvalue weighted by atomic mass is 35.5. The molecule has 0 saturated carbocycles. The van der Waals surface area contributed by atoms with Crippen molar-refractivity contribution in [3.05, 3.63) is 117 Å². The van der Waals surface area contributed by atoms with Gasteiger partial charge in [0.05, 0.1) is 38.5 Å². The van der Waals surface area contributed by atoms with Crippen molar-refractivity contribution in [2.45, 2.75) is 39.3 Å². The van der Waals surface area contributed by atoms with Gasteiger partial charge in [-0.2, -0.15) is 0 Å².